The maximum absolute atomic E-state index is 13.2. The summed E-state index contributed by atoms with van der Waals surface area (Å²) in [6.07, 6.45) is 0.421. The summed E-state index contributed by atoms with van der Waals surface area (Å²) in [5.74, 6) is -0.627. The Morgan fingerprint density at radius 1 is 1.09 bits per heavy atom. The Balaban J connectivity index is 1.65. The third-order valence-electron chi connectivity index (χ3n) is 5.50. The molecule has 0 radical (unpaired) electrons. The van der Waals surface area contributed by atoms with Crippen molar-refractivity contribution in [1.82, 2.24) is 30.5 Å². The zero-order valence-electron chi connectivity index (χ0n) is 19.1. The summed E-state index contributed by atoms with van der Waals surface area (Å²) in [5, 5.41) is 15.5. The Hall–Kier alpha value is -3.53. The average Bonchev–Trinajstić information content (AvgIpc) is 3.44. The van der Waals surface area contributed by atoms with Gasteiger partial charge in [-0.25, -0.2) is 0 Å². The van der Waals surface area contributed by atoms with E-state index in [1.54, 1.807) is 17.1 Å². The molecule has 1 atom stereocenters. The van der Waals surface area contributed by atoms with E-state index < -0.39 is 18.0 Å². The first-order valence-electron chi connectivity index (χ1n) is 10.9. The summed E-state index contributed by atoms with van der Waals surface area (Å²) in [6.45, 7) is 6.40. The Bertz CT molecular complexity index is 1230. The number of pyridine rings is 1. The number of benzene rings is 1. The summed E-state index contributed by atoms with van der Waals surface area (Å²) in [4.78, 5) is 4.11. The van der Waals surface area contributed by atoms with Crippen LogP contribution < -0.4 is 5.32 Å². The van der Waals surface area contributed by atoms with E-state index >= 15 is 0 Å². The summed E-state index contributed by atoms with van der Waals surface area (Å²) < 4.78 is 46.5. The smallest absolute Gasteiger partial charge is 0.449 e. The van der Waals surface area contributed by atoms with Gasteiger partial charge in [0.05, 0.1) is 5.69 Å². The second-order valence-electron chi connectivity index (χ2n) is 8.25. The topological polar surface area (TPSA) is 81.7 Å². The van der Waals surface area contributed by atoms with Gasteiger partial charge < -0.3 is 9.73 Å². The molecular formula is C24H25F3N6O. The Morgan fingerprint density at radius 2 is 1.85 bits per heavy atom. The van der Waals surface area contributed by atoms with Gasteiger partial charge in [-0.1, -0.05) is 23.8 Å². The van der Waals surface area contributed by atoms with Crippen LogP contribution in [0.15, 0.2) is 53.2 Å². The van der Waals surface area contributed by atoms with Gasteiger partial charge in [0.2, 0.25) is 5.76 Å². The molecule has 178 valence electrons. The van der Waals surface area contributed by atoms with E-state index in [1.165, 1.54) is 6.07 Å². The Labute approximate surface area is 195 Å². The van der Waals surface area contributed by atoms with Gasteiger partial charge in [0.15, 0.2) is 5.82 Å². The van der Waals surface area contributed by atoms with Crippen LogP contribution in [0.4, 0.5) is 13.2 Å². The number of tetrazole rings is 1. The minimum Gasteiger partial charge on any atom is -0.454 e. The van der Waals surface area contributed by atoms with Crippen LogP contribution >= 0.6 is 0 Å². The molecule has 0 aliphatic heterocycles. The molecule has 7 nitrogen and oxygen atoms in total. The van der Waals surface area contributed by atoms with Crippen LogP contribution in [0.3, 0.4) is 0 Å². The van der Waals surface area contributed by atoms with Crippen LogP contribution in [0, 0.1) is 20.8 Å². The molecule has 0 saturated heterocycles. The van der Waals surface area contributed by atoms with Crippen LogP contribution in [-0.4, -0.2) is 31.7 Å². The lowest BCUT2D eigenvalue weighted by Crippen LogP contribution is -2.27. The fraction of sp³-hybridized carbons (Fsp3) is 0.333. The highest BCUT2D eigenvalue weighted by atomic mass is 19.4. The van der Waals surface area contributed by atoms with Crippen molar-refractivity contribution >= 4 is 0 Å². The maximum Gasteiger partial charge on any atom is 0.449 e. The fourth-order valence-corrected chi connectivity index (χ4v) is 4.10. The molecule has 0 saturated carbocycles. The standard InChI is InChI=1S/C24H25F3N6O/c1-15-12-16(2)22(17(3)13-15)33-23(30-31-32-33)21(19-8-9-20(34-19)24(25,26)27)29-11-5-7-18-6-4-10-28-14-18/h4,6,8-10,12-14,21,29H,5,7,11H2,1-3H3. The molecular weight excluding hydrogens is 445 g/mol. The summed E-state index contributed by atoms with van der Waals surface area (Å²) >= 11 is 0. The lowest BCUT2D eigenvalue weighted by molar-refractivity contribution is -0.153. The molecule has 10 heteroatoms. The first kappa shape index (κ1) is 23.6. The van der Waals surface area contributed by atoms with Crippen LogP contribution in [0.5, 0.6) is 0 Å². The van der Waals surface area contributed by atoms with Gasteiger partial charge in [0, 0.05) is 12.4 Å². The van der Waals surface area contributed by atoms with Crippen LogP contribution in [0.2, 0.25) is 0 Å². The lowest BCUT2D eigenvalue weighted by Gasteiger charge is -2.18. The molecule has 0 bridgehead atoms. The minimum atomic E-state index is -4.58. The monoisotopic (exact) mass is 470 g/mol. The van der Waals surface area contributed by atoms with Crippen molar-refractivity contribution in [3.05, 3.63) is 88.4 Å². The minimum absolute atomic E-state index is 0.0900. The van der Waals surface area contributed by atoms with Crippen molar-refractivity contribution < 1.29 is 17.6 Å². The number of rotatable bonds is 8. The molecule has 1 N–H and O–H groups in total. The van der Waals surface area contributed by atoms with E-state index in [2.05, 4.69) is 25.8 Å². The van der Waals surface area contributed by atoms with E-state index in [4.69, 9.17) is 4.42 Å². The SMILES string of the molecule is Cc1cc(C)c(-n2nnnc2C(NCCCc2cccnc2)c2ccc(C(F)(F)F)o2)c(C)c1. The Kier molecular flexibility index (Phi) is 6.78. The highest BCUT2D eigenvalue weighted by Gasteiger charge is 2.36. The predicted octanol–water partition coefficient (Wildman–Crippen LogP) is 4.91. The maximum atomic E-state index is 13.2. The van der Waals surface area contributed by atoms with Gasteiger partial charge in [-0.15, -0.1) is 5.10 Å². The average molecular weight is 470 g/mol. The normalized spacial score (nSPS) is 12.8. The van der Waals surface area contributed by atoms with Crippen molar-refractivity contribution in [2.75, 3.05) is 6.54 Å². The first-order chi connectivity index (χ1) is 16.2. The van der Waals surface area contributed by atoms with Crippen LogP contribution in [-0.2, 0) is 12.6 Å². The molecule has 4 rings (SSSR count). The fourth-order valence-electron chi connectivity index (χ4n) is 4.10. The molecule has 3 heterocycles. The molecule has 1 aromatic carbocycles. The molecule has 4 aromatic rings. The van der Waals surface area contributed by atoms with Gasteiger partial charge in [0.25, 0.3) is 0 Å². The highest BCUT2D eigenvalue weighted by Crippen LogP contribution is 2.34. The number of aryl methyl sites for hydroxylation is 4. The third-order valence-corrected chi connectivity index (χ3v) is 5.50. The number of halogens is 3. The third kappa shape index (κ3) is 5.17. The number of hydrogen-bond donors (Lipinski definition) is 1. The highest BCUT2D eigenvalue weighted by molar-refractivity contribution is 5.49. The van der Waals surface area contributed by atoms with Gasteiger partial charge in [-0.3, -0.25) is 4.98 Å². The van der Waals surface area contributed by atoms with Crippen molar-refractivity contribution in [2.24, 2.45) is 0 Å². The number of hydrogen-bond acceptors (Lipinski definition) is 6. The zero-order chi connectivity index (χ0) is 24.3. The quantitative estimate of drug-likeness (QED) is 0.369. The Morgan fingerprint density at radius 3 is 2.50 bits per heavy atom. The second kappa shape index (κ2) is 9.76. The van der Waals surface area contributed by atoms with Gasteiger partial charge in [0.1, 0.15) is 11.8 Å². The summed E-state index contributed by atoms with van der Waals surface area (Å²) in [7, 11) is 0. The molecule has 0 fully saturated rings. The number of aromatic nitrogens is 5. The lowest BCUT2D eigenvalue weighted by atomic mass is 10.0. The summed E-state index contributed by atoms with van der Waals surface area (Å²) in [6, 6.07) is 9.34. The predicted molar refractivity (Wildman–Crippen MR) is 119 cm³/mol. The van der Waals surface area contributed by atoms with E-state index in [-0.39, 0.29) is 5.76 Å². The van der Waals surface area contributed by atoms with E-state index in [0.29, 0.717) is 12.4 Å². The largest absolute Gasteiger partial charge is 0.454 e. The van der Waals surface area contributed by atoms with Crippen LogP contribution in [0.1, 0.15) is 52.1 Å². The van der Waals surface area contributed by atoms with Gasteiger partial charge in [-0.2, -0.15) is 17.9 Å². The van der Waals surface area contributed by atoms with Crippen LogP contribution in [0.25, 0.3) is 5.69 Å². The van der Waals surface area contributed by atoms with E-state index in [1.807, 2.05) is 45.0 Å². The second-order valence-corrected chi connectivity index (χ2v) is 8.25. The molecule has 0 aliphatic carbocycles. The van der Waals surface area contributed by atoms with Crippen molar-refractivity contribution in [3.8, 4) is 5.69 Å². The summed E-state index contributed by atoms with van der Waals surface area (Å²) in [5.41, 5.74) is 4.87. The van der Waals surface area contributed by atoms with Crippen molar-refractivity contribution in [1.29, 1.82) is 0 Å². The zero-order valence-corrected chi connectivity index (χ0v) is 19.1. The van der Waals surface area contributed by atoms with Crippen molar-refractivity contribution in [2.45, 2.75) is 45.8 Å². The molecule has 1 unspecified atom stereocenters. The number of alkyl halides is 3. The molecule has 0 spiro atoms. The van der Waals surface area contributed by atoms with E-state index in [9.17, 15) is 13.2 Å². The van der Waals surface area contributed by atoms with Crippen molar-refractivity contribution in [3.63, 3.8) is 0 Å². The first-order valence-corrected chi connectivity index (χ1v) is 10.9. The van der Waals surface area contributed by atoms with Gasteiger partial charge in [-0.05, 0) is 85.5 Å². The molecule has 0 aliphatic rings. The van der Waals surface area contributed by atoms with Gasteiger partial charge >= 0.3 is 6.18 Å². The number of nitrogens with one attached hydrogen (secondary N) is 1. The molecule has 0 amide bonds. The molecule has 34 heavy (non-hydrogen) atoms. The molecule has 3 aromatic heterocycles. The van der Waals surface area contributed by atoms with E-state index in [0.717, 1.165) is 46.8 Å². The number of furan rings is 1. The number of nitrogens with zero attached hydrogens (tertiary/aromatic N) is 5.